The van der Waals surface area contributed by atoms with Crippen molar-refractivity contribution in [3.8, 4) is 22.9 Å². The Hall–Kier alpha value is -4.61. The average molecular weight is 636 g/mol. The van der Waals surface area contributed by atoms with Crippen LogP contribution in [0.3, 0.4) is 0 Å². The van der Waals surface area contributed by atoms with E-state index in [-0.39, 0.29) is 46.9 Å². The fourth-order valence-electron chi connectivity index (χ4n) is 5.68. The van der Waals surface area contributed by atoms with E-state index in [1.807, 2.05) is 4.57 Å². The Morgan fingerprint density at radius 1 is 1.02 bits per heavy atom. The standard InChI is InChI=1S/C33H25ClF3N3O5/c34-19-3-1-18(25(36)12-19)16-45-32-24(35)4-6-27(39-32)23-13-26(37)22(21-8-10-44-31(21)23)14-30-38-28-5-2-17(33(41)42)11-29(28)40(30)15-20-7-9-43-20/h1-6,11-13,20H,7-10,14-16H2,(H,41,42). The molecular formula is C33H25ClF3N3O5. The van der Waals surface area contributed by atoms with Crippen LogP contribution < -0.4 is 9.47 Å². The van der Waals surface area contributed by atoms with Gasteiger partial charge in [-0.1, -0.05) is 17.7 Å². The summed E-state index contributed by atoms with van der Waals surface area (Å²) in [6.07, 6.45) is 1.37. The van der Waals surface area contributed by atoms with Crippen LogP contribution in [0.4, 0.5) is 13.2 Å². The fourth-order valence-corrected chi connectivity index (χ4v) is 5.84. The van der Waals surface area contributed by atoms with Crippen molar-refractivity contribution in [3.63, 3.8) is 0 Å². The Balaban J connectivity index is 1.23. The molecule has 8 nitrogen and oxygen atoms in total. The van der Waals surface area contributed by atoms with E-state index in [9.17, 15) is 18.7 Å². The van der Waals surface area contributed by atoms with Crippen LogP contribution in [0.15, 0.2) is 54.6 Å². The van der Waals surface area contributed by atoms with Gasteiger partial charge in [0.25, 0.3) is 5.88 Å². The minimum atomic E-state index is -1.05. The van der Waals surface area contributed by atoms with Gasteiger partial charge in [-0.3, -0.25) is 0 Å². The third-order valence-electron chi connectivity index (χ3n) is 8.10. The molecule has 0 radical (unpaired) electrons. The maximum atomic E-state index is 16.0. The number of hydrogen-bond donors (Lipinski definition) is 1. The van der Waals surface area contributed by atoms with Crippen molar-refractivity contribution < 1.29 is 37.3 Å². The van der Waals surface area contributed by atoms with Gasteiger partial charge in [-0.25, -0.2) is 27.9 Å². The van der Waals surface area contributed by atoms with Gasteiger partial charge in [0.1, 0.15) is 29.8 Å². The minimum Gasteiger partial charge on any atom is -0.492 e. The molecule has 5 aromatic rings. The zero-order valence-corrected chi connectivity index (χ0v) is 24.4. The van der Waals surface area contributed by atoms with Crippen molar-refractivity contribution in [2.75, 3.05) is 13.2 Å². The van der Waals surface area contributed by atoms with Crippen LogP contribution in [0, 0.1) is 17.5 Å². The highest BCUT2D eigenvalue weighted by molar-refractivity contribution is 6.30. The first kappa shape index (κ1) is 29.1. The first-order valence-electron chi connectivity index (χ1n) is 14.3. The second-order valence-electron chi connectivity index (χ2n) is 10.9. The summed E-state index contributed by atoms with van der Waals surface area (Å²) in [6.45, 7) is 1.12. The number of rotatable bonds is 9. The maximum Gasteiger partial charge on any atom is 0.335 e. The summed E-state index contributed by atoms with van der Waals surface area (Å²) in [5, 5.41) is 9.76. The van der Waals surface area contributed by atoms with Crippen molar-refractivity contribution >= 4 is 28.6 Å². The highest BCUT2D eigenvalue weighted by Crippen LogP contribution is 2.41. The van der Waals surface area contributed by atoms with Gasteiger partial charge in [0, 0.05) is 46.7 Å². The highest BCUT2D eigenvalue weighted by Gasteiger charge is 2.28. The summed E-state index contributed by atoms with van der Waals surface area (Å²) >= 11 is 5.81. The van der Waals surface area contributed by atoms with E-state index >= 15 is 4.39 Å². The Morgan fingerprint density at radius 2 is 1.87 bits per heavy atom. The first-order chi connectivity index (χ1) is 21.7. The predicted octanol–water partition coefficient (Wildman–Crippen LogP) is 6.76. The Labute approximate surface area is 260 Å². The number of ether oxygens (including phenoxy) is 3. The number of aromatic nitrogens is 3. The van der Waals surface area contributed by atoms with E-state index in [4.69, 9.17) is 30.8 Å². The number of fused-ring (bicyclic) bond motifs is 2. The van der Waals surface area contributed by atoms with Crippen LogP contribution in [-0.4, -0.2) is 44.9 Å². The van der Waals surface area contributed by atoms with Crippen LogP contribution in [0.1, 0.15) is 39.3 Å². The van der Waals surface area contributed by atoms with Gasteiger partial charge in [-0.2, -0.15) is 0 Å². The lowest BCUT2D eigenvalue weighted by atomic mass is 9.96. The molecule has 0 bridgehead atoms. The molecule has 0 aliphatic carbocycles. The SMILES string of the molecule is O=C(O)c1ccc2nc(Cc3c(F)cc(-c4ccc(F)c(OCc5ccc(Cl)cc5F)n4)c4c3CCO4)n(CC3CCO3)c2c1. The highest BCUT2D eigenvalue weighted by atomic mass is 35.5. The number of halogens is 4. The van der Waals surface area contributed by atoms with Crippen molar-refractivity contribution in [1.82, 2.24) is 14.5 Å². The van der Waals surface area contributed by atoms with Crippen molar-refractivity contribution in [1.29, 1.82) is 0 Å². The largest absolute Gasteiger partial charge is 0.492 e. The Morgan fingerprint density at radius 3 is 2.62 bits per heavy atom. The molecule has 1 unspecified atom stereocenters. The summed E-state index contributed by atoms with van der Waals surface area (Å²) in [6, 6.07) is 12.6. The van der Waals surface area contributed by atoms with Gasteiger partial charge < -0.3 is 23.9 Å². The van der Waals surface area contributed by atoms with Gasteiger partial charge >= 0.3 is 5.97 Å². The average Bonchev–Trinajstić information content (AvgIpc) is 3.61. The van der Waals surface area contributed by atoms with Gasteiger partial charge in [-0.15, -0.1) is 0 Å². The van der Waals surface area contributed by atoms with Crippen LogP contribution >= 0.6 is 11.6 Å². The number of benzene rings is 3. The second kappa shape index (κ2) is 11.7. The van der Waals surface area contributed by atoms with E-state index in [0.717, 1.165) is 18.6 Å². The third-order valence-corrected chi connectivity index (χ3v) is 8.33. The number of hydrogen-bond acceptors (Lipinski definition) is 6. The Bertz CT molecular complexity index is 1980. The summed E-state index contributed by atoms with van der Waals surface area (Å²) < 4.78 is 63.9. The van der Waals surface area contributed by atoms with Crippen LogP contribution in [-0.2, 0) is 30.7 Å². The molecule has 0 spiro atoms. The smallest absolute Gasteiger partial charge is 0.335 e. The first-order valence-corrected chi connectivity index (χ1v) is 14.7. The van der Waals surface area contributed by atoms with E-state index in [1.165, 1.54) is 30.3 Å². The number of imidazole rings is 1. The summed E-state index contributed by atoms with van der Waals surface area (Å²) in [5.74, 6) is -2.31. The number of carboxylic acids is 1. The van der Waals surface area contributed by atoms with E-state index in [2.05, 4.69) is 4.98 Å². The van der Waals surface area contributed by atoms with Crippen LogP contribution in [0.25, 0.3) is 22.3 Å². The van der Waals surface area contributed by atoms with E-state index in [1.54, 1.807) is 12.1 Å². The molecule has 1 N–H and O–H groups in total. The summed E-state index contributed by atoms with van der Waals surface area (Å²) in [5.41, 5.74) is 3.12. The minimum absolute atomic E-state index is 0.0481. The van der Waals surface area contributed by atoms with Gasteiger partial charge in [0.2, 0.25) is 0 Å². The van der Waals surface area contributed by atoms with Crippen LogP contribution in [0.5, 0.6) is 11.6 Å². The number of nitrogens with zero attached hydrogens (tertiary/aromatic N) is 3. The van der Waals surface area contributed by atoms with E-state index < -0.39 is 23.4 Å². The molecule has 2 aromatic heterocycles. The Kier molecular flexibility index (Phi) is 7.58. The molecule has 0 saturated carbocycles. The maximum absolute atomic E-state index is 16.0. The lowest BCUT2D eigenvalue weighted by Gasteiger charge is -2.27. The molecule has 0 amide bonds. The second-order valence-corrected chi connectivity index (χ2v) is 11.3. The molecule has 12 heteroatoms. The third kappa shape index (κ3) is 5.57. The number of aromatic carboxylic acids is 1. The van der Waals surface area contributed by atoms with Gasteiger partial charge in [0.05, 0.1) is 41.5 Å². The quantitative estimate of drug-likeness (QED) is 0.191. The number of pyridine rings is 1. The normalized spacial score (nSPS) is 15.5. The lowest BCUT2D eigenvalue weighted by Crippen LogP contribution is -2.31. The van der Waals surface area contributed by atoms with Crippen molar-refractivity contribution in [2.45, 2.75) is 38.5 Å². The van der Waals surface area contributed by atoms with Crippen molar-refractivity contribution in [3.05, 3.63) is 105 Å². The molecule has 2 aliphatic rings. The van der Waals surface area contributed by atoms with Gasteiger partial charge in [-0.05, 0) is 55.0 Å². The lowest BCUT2D eigenvalue weighted by molar-refractivity contribution is -0.0589. The molecule has 3 aromatic carbocycles. The predicted molar refractivity (Wildman–Crippen MR) is 158 cm³/mol. The number of carbonyl (C=O) groups is 1. The number of carboxylic acid groups (broad SMARTS) is 1. The molecule has 7 rings (SSSR count). The molecule has 1 fully saturated rings. The summed E-state index contributed by atoms with van der Waals surface area (Å²) in [7, 11) is 0. The topological polar surface area (TPSA) is 95.7 Å². The zero-order chi connectivity index (χ0) is 31.2. The molecular weight excluding hydrogens is 611 g/mol. The van der Waals surface area contributed by atoms with Crippen molar-refractivity contribution in [2.24, 2.45) is 0 Å². The molecule has 2 aliphatic heterocycles. The molecule has 1 saturated heterocycles. The van der Waals surface area contributed by atoms with Crippen LogP contribution in [0.2, 0.25) is 5.02 Å². The molecule has 1 atom stereocenters. The zero-order valence-electron chi connectivity index (χ0n) is 23.7. The fraction of sp³-hybridized carbons (Fsp3) is 0.242. The molecule has 230 valence electrons. The monoisotopic (exact) mass is 635 g/mol. The van der Waals surface area contributed by atoms with E-state index in [0.29, 0.717) is 65.5 Å². The molecule has 4 heterocycles. The summed E-state index contributed by atoms with van der Waals surface area (Å²) in [4.78, 5) is 20.7. The van der Waals surface area contributed by atoms with Gasteiger partial charge in [0.15, 0.2) is 5.82 Å². The molecule has 45 heavy (non-hydrogen) atoms.